The van der Waals surface area contributed by atoms with Crippen molar-refractivity contribution >= 4 is 17.7 Å². The van der Waals surface area contributed by atoms with Crippen molar-refractivity contribution in [2.45, 2.75) is 83.1 Å². The molecule has 1 unspecified atom stereocenters. The molecule has 40 heavy (non-hydrogen) atoms. The SMILES string of the molecule is CN[C@@H](C)C(=O)N[C@H]1Cc2cc(O)c(O)c(O)c2[C@H]2CC(C)(C)C(C(=O)N[C@@H]3CCCc4ccccc43)N2C1=O. The Hall–Kier alpha value is -3.79. The van der Waals surface area contributed by atoms with Gasteiger partial charge in [0, 0.05) is 12.0 Å². The summed E-state index contributed by atoms with van der Waals surface area (Å²) in [5.41, 5.74) is 2.28. The van der Waals surface area contributed by atoms with E-state index in [4.69, 9.17) is 0 Å². The van der Waals surface area contributed by atoms with Crippen molar-refractivity contribution in [2.75, 3.05) is 7.05 Å². The first kappa shape index (κ1) is 27.8. The zero-order valence-electron chi connectivity index (χ0n) is 23.3. The number of carbonyl (C=O) groups excluding carboxylic acids is 3. The molecule has 0 radical (unpaired) electrons. The summed E-state index contributed by atoms with van der Waals surface area (Å²) in [5.74, 6) is -2.87. The van der Waals surface area contributed by atoms with Crippen LogP contribution in [0, 0.1) is 5.41 Å². The number of hydrogen-bond donors (Lipinski definition) is 6. The zero-order valence-corrected chi connectivity index (χ0v) is 23.3. The molecular formula is C30H38N4O6. The molecule has 1 aliphatic carbocycles. The number of benzene rings is 2. The number of nitrogens with zero attached hydrogens (tertiary/aromatic N) is 1. The van der Waals surface area contributed by atoms with Crippen molar-refractivity contribution in [2.24, 2.45) is 5.41 Å². The van der Waals surface area contributed by atoms with E-state index in [9.17, 15) is 29.7 Å². The smallest absolute Gasteiger partial charge is 0.246 e. The number of likely N-dealkylation sites (N-methyl/N-ethyl adjacent to an activating group) is 1. The van der Waals surface area contributed by atoms with Gasteiger partial charge < -0.3 is 36.2 Å². The number of aryl methyl sites for hydroxylation is 1. The lowest BCUT2D eigenvalue weighted by molar-refractivity contribution is -0.145. The second-order valence-electron chi connectivity index (χ2n) is 12.0. The van der Waals surface area contributed by atoms with E-state index in [0.29, 0.717) is 12.0 Å². The third-order valence-corrected chi connectivity index (χ3v) is 8.84. The van der Waals surface area contributed by atoms with Gasteiger partial charge in [-0.15, -0.1) is 0 Å². The fourth-order valence-electron chi connectivity index (χ4n) is 6.70. The highest BCUT2D eigenvalue weighted by atomic mass is 16.3. The van der Waals surface area contributed by atoms with Gasteiger partial charge in [-0.25, -0.2) is 0 Å². The van der Waals surface area contributed by atoms with E-state index in [2.05, 4.69) is 22.0 Å². The van der Waals surface area contributed by atoms with Gasteiger partial charge in [-0.2, -0.15) is 0 Å². The number of hydrogen-bond acceptors (Lipinski definition) is 7. The summed E-state index contributed by atoms with van der Waals surface area (Å²) < 4.78 is 0. The van der Waals surface area contributed by atoms with Crippen LogP contribution in [0.15, 0.2) is 30.3 Å². The van der Waals surface area contributed by atoms with Crippen LogP contribution in [0.2, 0.25) is 0 Å². The van der Waals surface area contributed by atoms with Crippen LogP contribution in [0.25, 0.3) is 0 Å². The predicted molar refractivity (Wildman–Crippen MR) is 148 cm³/mol. The Morgan fingerprint density at radius 2 is 1.77 bits per heavy atom. The number of aromatic hydroxyl groups is 3. The van der Waals surface area contributed by atoms with Gasteiger partial charge >= 0.3 is 0 Å². The summed E-state index contributed by atoms with van der Waals surface area (Å²) in [7, 11) is 1.64. The third-order valence-electron chi connectivity index (χ3n) is 8.84. The molecule has 214 valence electrons. The molecular weight excluding hydrogens is 512 g/mol. The molecule has 1 fully saturated rings. The average molecular weight is 551 g/mol. The zero-order chi connectivity index (χ0) is 28.9. The molecule has 5 atom stereocenters. The molecule has 0 spiro atoms. The lowest BCUT2D eigenvalue weighted by atomic mass is 9.80. The Morgan fingerprint density at radius 1 is 1.05 bits per heavy atom. The monoisotopic (exact) mass is 550 g/mol. The van der Waals surface area contributed by atoms with E-state index in [1.165, 1.54) is 16.5 Å². The maximum atomic E-state index is 14.2. The number of amides is 3. The Morgan fingerprint density at radius 3 is 2.50 bits per heavy atom. The molecule has 3 aliphatic rings. The van der Waals surface area contributed by atoms with Crippen molar-refractivity contribution in [3.05, 3.63) is 52.6 Å². The highest BCUT2D eigenvalue weighted by Gasteiger charge is 2.56. The van der Waals surface area contributed by atoms with Gasteiger partial charge in [0.25, 0.3) is 0 Å². The highest BCUT2D eigenvalue weighted by molar-refractivity contribution is 5.95. The van der Waals surface area contributed by atoms with Gasteiger partial charge in [-0.05, 0) is 67.8 Å². The molecule has 6 N–H and O–H groups in total. The molecule has 0 bridgehead atoms. The molecule has 2 aromatic rings. The lowest BCUT2D eigenvalue weighted by Crippen LogP contribution is -2.57. The van der Waals surface area contributed by atoms with Crippen molar-refractivity contribution in [1.82, 2.24) is 20.9 Å². The normalized spacial score (nSPS) is 25.7. The molecule has 5 rings (SSSR count). The van der Waals surface area contributed by atoms with Crippen LogP contribution in [0.4, 0.5) is 0 Å². The first-order valence-electron chi connectivity index (χ1n) is 13.9. The van der Waals surface area contributed by atoms with Crippen LogP contribution in [0.1, 0.15) is 74.4 Å². The molecule has 0 aromatic heterocycles. The molecule has 2 aromatic carbocycles. The first-order chi connectivity index (χ1) is 18.9. The Labute approximate surface area is 233 Å². The predicted octanol–water partition coefficient (Wildman–Crippen LogP) is 2.31. The third kappa shape index (κ3) is 4.64. The summed E-state index contributed by atoms with van der Waals surface area (Å²) in [6.45, 7) is 5.48. The van der Waals surface area contributed by atoms with Crippen molar-refractivity contribution in [3.63, 3.8) is 0 Å². The van der Waals surface area contributed by atoms with Crippen LogP contribution in [0.3, 0.4) is 0 Å². The summed E-state index contributed by atoms with van der Waals surface area (Å²) in [4.78, 5) is 42.6. The number of fused-ring (bicyclic) bond motifs is 4. The Bertz CT molecular complexity index is 1360. The van der Waals surface area contributed by atoms with E-state index >= 15 is 0 Å². The van der Waals surface area contributed by atoms with Crippen LogP contribution in [-0.2, 0) is 27.2 Å². The summed E-state index contributed by atoms with van der Waals surface area (Å²) >= 11 is 0. The topological polar surface area (TPSA) is 151 Å². The minimum Gasteiger partial charge on any atom is -0.504 e. The van der Waals surface area contributed by atoms with E-state index < -0.39 is 58.6 Å². The van der Waals surface area contributed by atoms with E-state index in [1.54, 1.807) is 14.0 Å². The van der Waals surface area contributed by atoms with Gasteiger partial charge in [0.05, 0.1) is 18.1 Å². The molecule has 2 aliphatic heterocycles. The molecule has 10 heteroatoms. The van der Waals surface area contributed by atoms with E-state index in [-0.39, 0.29) is 23.9 Å². The highest BCUT2D eigenvalue weighted by Crippen LogP contribution is 2.54. The number of rotatable bonds is 5. The van der Waals surface area contributed by atoms with Crippen LogP contribution < -0.4 is 16.0 Å². The lowest BCUT2D eigenvalue weighted by Gasteiger charge is -2.36. The fraction of sp³-hybridized carbons (Fsp3) is 0.500. The molecule has 1 saturated heterocycles. The van der Waals surface area contributed by atoms with Crippen molar-refractivity contribution < 1.29 is 29.7 Å². The van der Waals surface area contributed by atoms with Gasteiger partial charge in [-0.1, -0.05) is 38.1 Å². The van der Waals surface area contributed by atoms with Gasteiger partial charge in [-0.3, -0.25) is 14.4 Å². The standard InChI is InChI=1S/C30H38N4O6/c1-15(31-4)27(38)33-20-12-17-13-22(35)24(36)25(37)23(17)21-14-30(2,3)26(34(21)29(20)40)28(39)32-19-11-7-9-16-8-5-6-10-18(16)19/h5-6,8,10,13,15,19-21,26,31,35-37H,7,9,11-12,14H2,1-4H3,(H,32,39)(H,33,38)/t15-,19+,20-,21+,26?/m0/s1. The summed E-state index contributed by atoms with van der Waals surface area (Å²) in [6.07, 6.45) is 2.97. The first-order valence-corrected chi connectivity index (χ1v) is 13.9. The minimum atomic E-state index is -1.05. The second-order valence-corrected chi connectivity index (χ2v) is 12.0. The second kappa shape index (κ2) is 10.3. The molecule has 3 amide bonds. The maximum absolute atomic E-state index is 14.2. The summed E-state index contributed by atoms with van der Waals surface area (Å²) in [6, 6.07) is 5.90. The Kier molecular flexibility index (Phi) is 7.16. The van der Waals surface area contributed by atoms with Crippen LogP contribution >= 0.6 is 0 Å². The maximum Gasteiger partial charge on any atom is 0.246 e. The van der Waals surface area contributed by atoms with E-state index in [0.717, 1.165) is 24.8 Å². The molecule has 2 heterocycles. The largest absolute Gasteiger partial charge is 0.504 e. The van der Waals surface area contributed by atoms with Gasteiger partial charge in [0.2, 0.25) is 23.5 Å². The average Bonchev–Trinajstić information content (AvgIpc) is 3.15. The van der Waals surface area contributed by atoms with Crippen LogP contribution in [0.5, 0.6) is 17.2 Å². The summed E-state index contributed by atoms with van der Waals surface area (Å²) in [5, 5.41) is 40.5. The van der Waals surface area contributed by atoms with Crippen molar-refractivity contribution in [3.8, 4) is 17.2 Å². The minimum absolute atomic E-state index is 0.0183. The van der Waals surface area contributed by atoms with Crippen LogP contribution in [-0.4, -0.2) is 63.1 Å². The molecule has 10 nitrogen and oxygen atoms in total. The quantitative estimate of drug-likeness (QED) is 0.313. The van der Waals surface area contributed by atoms with Crippen molar-refractivity contribution in [1.29, 1.82) is 0 Å². The fourth-order valence-corrected chi connectivity index (χ4v) is 6.70. The Balaban J connectivity index is 1.56. The molecule has 0 saturated carbocycles. The van der Waals surface area contributed by atoms with E-state index in [1.807, 2.05) is 32.0 Å². The number of phenolic OH excluding ortho intramolecular Hbond substituents is 3. The van der Waals surface area contributed by atoms with Gasteiger partial charge in [0.1, 0.15) is 12.1 Å². The number of carbonyl (C=O) groups is 3. The number of phenols is 3. The van der Waals surface area contributed by atoms with Gasteiger partial charge in [0.15, 0.2) is 11.5 Å². The number of nitrogens with one attached hydrogen (secondary N) is 3.